The van der Waals surface area contributed by atoms with Gasteiger partial charge in [0.05, 0.1) is 13.2 Å². The second-order valence-corrected chi connectivity index (χ2v) is 4.90. The molecule has 0 saturated heterocycles. The van der Waals surface area contributed by atoms with E-state index < -0.39 is 0 Å². The topological polar surface area (TPSA) is 48.4 Å². The highest BCUT2D eigenvalue weighted by Gasteiger charge is 2.20. The van der Waals surface area contributed by atoms with Crippen LogP contribution in [-0.4, -0.2) is 24.7 Å². The number of nitrogens with zero attached hydrogens (tertiary/aromatic N) is 1. The number of esters is 1. The van der Waals surface area contributed by atoms with E-state index in [1.165, 1.54) is 30.6 Å². The number of aromatic nitrogens is 1. The third kappa shape index (κ3) is 2.80. The van der Waals surface area contributed by atoms with Crippen molar-refractivity contribution in [3.8, 4) is 0 Å². The maximum atomic E-state index is 11.6. The summed E-state index contributed by atoms with van der Waals surface area (Å²) in [4.78, 5) is 15.7. The molecule has 0 unspecified atom stereocenters. The standard InChI is InChI=1S/C11H15NO3S/c1-14-6-10-12-9(7-16-10)11(13)15-5-8-3-2-4-8/h7-8H,2-6H2,1H3. The summed E-state index contributed by atoms with van der Waals surface area (Å²) in [7, 11) is 1.61. The average Bonchev–Trinajstić information content (AvgIpc) is 2.64. The van der Waals surface area contributed by atoms with Gasteiger partial charge in [-0.05, 0) is 18.8 Å². The van der Waals surface area contributed by atoms with Crippen molar-refractivity contribution < 1.29 is 14.3 Å². The lowest BCUT2D eigenvalue weighted by molar-refractivity contribution is 0.0365. The molecule has 1 heterocycles. The molecule has 1 aliphatic rings. The number of carbonyl (C=O) groups excluding carboxylic acids is 1. The molecule has 0 aromatic carbocycles. The fraction of sp³-hybridized carbons (Fsp3) is 0.636. The Morgan fingerprint density at radius 2 is 2.44 bits per heavy atom. The van der Waals surface area contributed by atoms with E-state index in [1.54, 1.807) is 12.5 Å². The van der Waals surface area contributed by atoms with Gasteiger partial charge in [-0.25, -0.2) is 9.78 Å². The predicted molar refractivity (Wildman–Crippen MR) is 60.5 cm³/mol. The lowest BCUT2D eigenvalue weighted by atomic mass is 9.86. The van der Waals surface area contributed by atoms with Crippen molar-refractivity contribution in [2.45, 2.75) is 25.9 Å². The Morgan fingerprint density at radius 1 is 1.62 bits per heavy atom. The Morgan fingerprint density at radius 3 is 3.06 bits per heavy atom. The van der Waals surface area contributed by atoms with Crippen LogP contribution in [0, 0.1) is 5.92 Å². The minimum atomic E-state index is -0.314. The largest absolute Gasteiger partial charge is 0.461 e. The fourth-order valence-electron chi connectivity index (χ4n) is 1.52. The Bertz CT molecular complexity index is 360. The molecule has 1 saturated carbocycles. The molecule has 0 amide bonds. The van der Waals surface area contributed by atoms with Crippen LogP contribution >= 0.6 is 11.3 Å². The van der Waals surface area contributed by atoms with Crippen molar-refractivity contribution in [3.63, 3.8) is 0 Å². The Labute approximate surface area is 98.6 Å². The highest BCUT2D eigenvalue weighted by atomic mass is 32.1. The maximum Gasteiger partial charge on any atom is 0.357 e. The van der Waals surface area contributed by atoms with Gasteiger partial charge in [-0.15, -0.1) is 11.3 Å². The van der Waals surface area contributed by atoms with Gasteiger partial charge in [0, 0.05) is 12.5 Å². The van der Waals surface area contributed by atoms with Crippen LogP contribution in [0.4, 0.5) is 0 Å². The zero-order chi connectivity index (χ0) is 11.4. The van der Waals surface area contributed by atoms with Crippen molar-refractivity contribution in [1.29, 1.82) is 0 Å². The minimum absolute atomic E-state index is 0.314. The molecular formula is C11H15NO3S. The van der Waals surface area contributed by atoms with Gasteiger partial charge in [0.15, 0.2) is 5.69 Å². The summed E-state index contributed by atoms with van der Waals surface area (Å²) in [5, 5.41) is 2.52. The van der Waals surface area contributed by atoms with Crippen molar-refractivity contribution in [2.75, 3.05) is 13.7 Å². The summed E-state index contributed by atoms with van der Waals surface area (Å²) in [5.74, 6) is 0.256. The van der Waals surface area contributed by atoms with Crippen LogP contribution in [0.2, 0.25) is 0 Å². The van der Waals surface area contributed by atoms with Crippen LogP contribution in [0.1, 0.15) is 34.8 Å². The molecule has 88 valence electrons. The molecule has 0 radical (unpaired) electrons. The molecule has 1 aromatic rings. The smallest absolute Gasteiger partial charge is 0.357 e. The summed E-state index contributed by atoms with van der Waals surface area (Å²) in [6, 6.07) is 0. The van der Waals surface area contributed by atoms with Gasteiger partial charge in [-0.2, -0.15) is 0 Å². The second-order valence-electron chi connectivity index (χ2n) is 3.95. The van der Waals surface area contributed by atoms with E-state index in [1.807, 2.05) is 0 Å². The Hall–Kier alpha value is -0.940. The number of hydrogen-bond acceptors (Lipinski definition) is 5. The summed E-state index contributed by atoms with van der Waals surface area (Å²) in [6.45, 7) is 0.983. The van der Waals surface area contributed by atoms with E-state index in [4.69, 9.17) is 9.47 Å². The molecule has 1 fully saturated rings. The predicted octanol–water partition coefficient (Wildman–Crippen LogP) is 2.25. The van der Waals surface area contributed by atoms with Crippen molar-refractivity contribution in [3.05, 3.63) is 16.1 Å². The lowest BCUT2D eigenvalue weighted by Crippen LogP contribution is -2.20. The number of carbonyl (C=O) groups is 1. The zero-order valence-electron chi connectivity index (χ0n) is 9.27. The molecule has 0 aliphatic heterocycles. The molecule has 1 aliphatic carbocycles. The van der Waals surface area contributed by atoms with Crippen LogP contribution < -0.4 is 0 Å². The van der Waals surface area contributed by atoms with E-state index in [2.05, 4.69) is 4.98 Å². The SMILES string of the molecule is COCc1nc(C(=O)OCC2CCC2)cs1. The normalized spacial score (nSPS) is 15.8. The molecule has 16 heavy (non-hydrogen) atoms. The molecule has 2 rings (SSSR count). The molecular weight excluding hydrogens is 226 g/mol. The van der Waals surface area contributed by atoms with Gasteiger partial charge < -0.3 is 9.47 Å². The van der Waals surface area contributed by atoms with Crippen LogP contribution in [-0.2, 0) is 16.1 Å². The first-order chi connectivity index (χ1) is 7.79. The molecule has 5 heteroatoms. The molecule has 0 N–H and O–H groups in total. The van der Waals surface area contributed by atoms with Gasteiger partial charge in [-0.3, -0.25) is 0 Å². The van der Waals surface area contributed by atoms with Crippen molar-refractivity contribution in [2.24, 2.45) is 5.92 Å². The third-order valence-electron chi connectivity index (χ3n) is 2.70. The minimum Gasteiger partial charge on any atom is -0.461 e. The van der Waals surface area contributed by atoms with Gasteiger partial charge >= 0.3 is 5.97 Å². The van der Waals surface area contributed by atoms with Crippen LogP contribution in [0.3, 0.4) is 0 Å². The van der Waals surface area contributed by atoms with E-state index >= 15 is 0 Å². The van der Waals surface area contributed by atoms with Gasteiger partial charge in [0.25, 0.3) is 0 Å². The number of hydrogen-bond donors (Lipinski definition) is 0. The first-order valence-corrected chi connectivity index (χ1v) is 6.28. The number of ether oxygens (including phenoxy) is 2. The Balaban J connectivity index is 1.82. The highest BCUT2D eigenvalue weighted by Crippen LogP contribution is 2.26. The summed E-state index contributed by atoms with van der Waals surface area (Å²) in [6.07, 6.45) is 3.62. The fourth-order valence-corrected chi connectivity index (χ4v) is 2.25. The molecule has 0 bridgehead atoms. The molecule has 0 spiro atoms. The quantitative estimate of drug-likeness (QED) is 0.742. The van der Waals surface area contributed by atoms with E-state index in [0.717, 1.165) is 5.01 Å². The van der Waals surface area contributed by atoms with Gasteiger partial charge in [0.1, 0.15) is 5.01 Å². The monoisotopic (exact) mass is 241 g/mol. The number of methoxy groups -OCH3 is 1. The first kappa shape index (κ1) is 11.5. The van der Waals surface area contributed by atoms with Crippen molar-refractivity contribution >= 4 is 17.3 Å². The first-order valence-electron chi connectivity index (χ1n) is 5.40. The highest BCUT2D eigenvalue weighted by molar-refractivity contribution is 7.09. The Kier molecular flexibility index (Phi) is 3.90. The molecule has 4 nitrogen and oxygen atoms in total. The molecule has 0 atom stereocenters. The molecule has 1 aromatic heterocycles. The van der Waals surface area contributed by atoms with Crippen LogP contribution in [0.15, 0.2) is 5.38 Å². The second kappa shape index (κ2) is 5.41. The number of rotatable bonds is 5. The third-order valence-corrected chi connectivity index (χ3v) is 3.53. The van der Waals surface area contributed by atoms with Gasteiger partial charge in [0.2, 0.25) is 0 Å². The lowest BCUT2D eigenvalue weighted by Gasteiger charge is -2.24. The number of thiazole rings is 1. The van der Waals surface area contributed by atoms with E-state index in [0.29, 0.717) is 24.8 Å². The zero-order valence-corrected chi connectivity index (χ0v) is 10.1. The maximum absolute atomic E-state index is 11.6. The average molecular weight is 241 g/mol. The summed E-state index contributed by atoms with van der Waals surface area (Å²) in [5.41, 5.74) is 0.399. The van der Waals surface area contributed by atoms with E-state index in [9.17, 15) is 4.79 Å². The van der Waals surface area contributed by atoms with Crippen molar-refractivity contribution in [1.82, 2.24) is 4.98 Å². The summed E-state index contributed by atoms with van der Waals surface area (Å²) < 4.78 is 10.1. The van der Waals surface area contributed by atoms with E-state index in [-0.39, 0.29) is 5.97 Å². The van der Waals surface area contributed by atoms with Crippen LogP contribution in [0.5, 0.6) is 0 Å². The van der Waals surface area contributed by atoms with Gasteiger partial charge in [-0.1, -0.05) is 6.42 Å². The van der Waals surface area contributed by atoms with Crippen LogP contribution in [0.25, 0.3) is 0 Å². The summed E-state index contributed by atoms with van der Waals surface area (Å²) >= 11 is 1.42.